The maximum atomic E-state index is 13.5. The van der Waals surface area contributed by atoms with Gasteiger partial charge in [0.15, 0.2) is 0 Å². The molecule has 2 aliphatic rings. The van der Waals surface area contributed by atoms with Crippen LogP contribution in [0.4, 0.5) is 5.69 Å². The average Bonchev–Trinajstić information content (AvgIpc) is 3.65. The Kier molecular flexibility index (Phi) is 6.65. The number of carbonyl (C=O) groups is 1. The summed E-state index contributed by atoms with van der Waals surface area (Å²) in [6.07, 6.45) is 5.31. The van der Waals surface area contributed by atoms with Gasteiger partial charge in [0.05, 0.1) is 28.0 Å². The van der Waals surface area contributed by atoms with Crippen molar-refractivity contribution in [1.82, 2.24) is 24.2 Å². The van der Waals surface area contributed by atoms with Crippen LogP contribution < -0.4 is 4.90 Å². The van der Waals surface area contributed by atoms with Crippen molar-refractivity contribution >= 4 is 29.3 Å². The lowest BCUT2D eigenvalue weighted by Crippen LogP contribution is -2.47. The highest BCUT2D eigenvalue weighted by molar-refractivity contribution is 7.99. The number of hydrogen-bond donors (Lipinski definition) is 0. The van der Waals surface area contributed by atoms with Gasteiger partial charge in [0.25, 0.3) is 5.91 Å². The van der Waals surface area contributed by atoms with E-state index < -0.39 is 0 Å². The number of nitrogens with zero attached hydrogens (tertiary/aromatic N) is 7. The lowest BCUT2D eigenvalue weighted by atomic mass is 10.2. The van der Waals surface area contributed by atoms with Crippen molar-refractivity contribution in [1.29, 1.82) is 0 Å². The third-order valence-electron chi connectivity index (χ3n) is 6.07. The SMILES string of the molecule is CC.C[C@@H]1CN2C(=N1)N(C)C(=O)c1c2cn(Cc2ccc(-n3cncn3)cc2)c1Sc1ccccc1. The second-order valence-corrected chi connectivity index (χ2v) is 9.56. The number of fused-ring (bicyclic) bond motifs is 3. The van der Waals surface area contributed by atoms with Crippen LogP contribution in [0.25, 0.3) is 5.69 Å². The fraction of sp³-hybridized carbons (Fsp3) is 0.259. The van der Waals surface area contributed by atoms with Crippen molar-refractivity contribution in [3.8, 4) is 5.69 Å². The molecule has 0 saturated heterocycles. The first-order valence-electron chi connectivity index (χ1n) is 12.1. The molecule has 2 aromatic carbocycles. The van der Waals surface area contributed by atoms with Gasteiger partial charge in [-0.1, -0.05) is 55.9 Å². The van der Waals surface area contributed by atoms with Crippen LogP contribution in [-0.4, -0.2) is 55.7 Å². The van der Waals surface area contributed by atoms with Gasteiger partial charge in [-0.05, 0) is 36.8 Å². The summed E-state index contributed by atoms with van der Waals surface area (Å²) < 4.78 is 3.92. The zero-order valence-corrected chi connectivity index (χ0v) is 21.7. The van der Waals surface area contributed by atoms with E-state index in [0.717, 1.165) is 44.9 Å². The van der Waals surface area contributed by atoms with Gasteiger partial charge < -0.3 is 9.47 Å². The average molecular weight is 500 g/mol. The zero-order valence-electron chi connectivity index (χ0n) is 20.9. The number of anilines is 1. The van der Waals surface area contributed by atoms with E-state index in [0.29, 0.717) is 6.54 Å². The topological polar surface area (TPSA) is 71.5 Å². The van der Waals surface area contributed by atoms with Crippen LogP contribution >= 0.6 is 11.8 Å². The lowest BCUT2D eigenvalue weighted by molar-refractivity contribution is 0.0862. The van der Waals surface area contributed by atoms with Gasteiger partial charge in [-0.2, -0.15) is 5.10 Å². The molecule has 6 rings (SSSR count). The van der Waals surface area contributed by atoms with Gasteiger partial charge >= 0.3 is 0 Å². The van der Waals surface area contributed by atoms with E-state index in [9.17, 15) is 4.79 Å². The molecule has 4 heterocycles. The summed E-state index contributed by atoms with van der Waals surface area (Å²) in [4.78, 5) is 27.2. The van der Waals surface area contributed by atoms with E-state index in [-0.39, 0.29) is 11.9 Å². The number of aromatic nitrogens is 4. The predicted molar refractivity (Wildman–Crippen MR) is 143 cm³/mol. The Balaban J connectivity index is 0.00000130. The largest absolute Gasteiger partial charge is 0.335 e. The molecule has 4 aromatic rings. The van der Waals surface area contributed by atoms with Gasteiger partial charge in [-0.15, -0.1) is 0 Å². The molecule has 0 bridgehead atoms. The van der Waals surface area contributed by atoms with Crippen LogP contribution in [0.3, 0.4) is 0 Å². The van der Waals surface area contributed by atoms with Crippen LogP contribution in [0.15, 0.2) is 88.4 Å². The van der Waals surface area contributed by atoms with Crippen molar-refractivity contribution in [2.24, 2.45) is 4.99 Å². The number of carbonyl (C=O) groups excluding carboxylic acids is 1. The highest BCUT2D eigenvalue weighted by atomic mass is 32.2. The molecule has 1 amide bonds. The first-order valence-corrected chi connectivity index (χ1v) is 12.9. The number of guanidine groups is 1. The third-order valence-corrected chi connectivity index (χ3v) is 7.21. The molecule has 184 valence electrons. The minimum Gasteiger partial charge on any atom is -0.335 e. The Labute approximate surface area is 215 Å². The van der Waals surface area contributed by atoms with Gasteiger partial charge in [0, 0.05) is 31.2 Å². The Hall–Kier alpha value is -3.85. The van der Waals surface area contributed by atoms with E-state index >= 15 is 0 Å². The summed E-state index contributed by atoms with van der Waals surface area (Å²) in [6, 6.07) is 18.6. The smallest absolute Gasteiger partial charge is 0.265 e. The normalized spacial score (nSPS) is 16.3. The molecule has 0 saturated carbocycles. The van der Waals surface area contributed by atoms with E-state index in [2.05, 4.69) is 56.9 Å². The van der Waals surface area contributed by atoms with E-state index in [1.807, 2.05) is 51.2 Å². The number of benzene rings is 2. The molecular weight excluding hydrogens is 470 g/mol. The predicted octanol–water partition coefficient (Wildman–Crippen LogP) is 4.94. The molecule has 0 radical (unpaired) electrons. The number of rotatable bonds is 5. The summed E-state index contributed by atoms with van der Waals surface area (Å²) in [5.41, 5.74) is 3.76. The van der Waals surface area contributed by atoms with Crippen LogP contribution in [0.1, 0.15) is 36.7 Å². The number of hydrogen-bond acceptors (Lipinski definition) is 6. The van der Waals surface area contributed by atoms with Crippen molar-refractivity contribution in [2.45, 2.75) is 43.3 Å². The minimum atomic E-state index is -0.0159. The second-order valence-electron chi connectivity index (χ2n) is 8.50. The lowest BCUT2D eigenvalue weighted by Gasteiger charge is -2.31. The van der Waals surface area contributed by atoms with Crippen molar-refractivity contribution in [3.05, 3.63) is 84.6 Å². The third kappa shape index (κ3) is 4.30. The molecule has 0 aliphatic carbocycles. The molecule has 1 atom stereocenters. The van der Waals surface area contributed by atoms with Crippen LogP contribution in [-0.2, 0) is 6.54 Å². The Bertz CT molecular complexity index is 1380. The van der Waals surface area contributed by atoms with Gasteiger partial charge in [-0.25, -0.2) is 14.7 Å². The molecular formula is C27H29N7OS. The molecule has 0 N–H and O–H groups in total. The first kappa shape index (κ1) is 23.9. The molecule has 0 unspecified atom stereocenters. The number of amides is 1. The summed E-state index contributed by atoms with van der Waals surface area (Å²) in [5.74, 6) is 0.716. The fourth-order valence-corrected chi connectivity index (χ4v) is 5.48. The van der Waals surface area contributed by atoms with E-state index in [4.69, 9.17) is 4.99 Å². The summed E-state index contributed by atoms with van der Waals surface area (Å²) in [7, 11) is 1.81. The first-order chi connectivity index (χ1) is 17.6. The highest BCUT2D eigenvalue weighted by Gasteiger charge is 2.40. The molecule has 8 nitrogen and oxygen atoms in total. The van der Waals surface area contributed by atoms with Crippen molar-refractivity contribution in [2.75, 3.05) is 18.5 Å². The maximum Gasteiger partial charge on any atom is 0.265 e. The van der Waals surface area contributed by atoms with E-state index in [1.54, 1.807) is 27.7 Å². The van der Waals surface area contributed by atoms with Gasteiger partial charge in [0.1, 0.15) is 12.7 Å². The molecule has 0 fully saturated rings. The molecule has 0 spiro atoms. The number of aliphatic imine (C=N–C) groups is 1. The standard InChI is InChI=1S/C25H23N7OS.C2H6/c1-17-12-31-21-14-30(13-18-8-10-19(11-9-18)32-16-26-15-27-32)24(34-20-6-4-3-5-7-20)22(21)23(33)29(2)25(31)28-17;1-2/h3-11,14-17H,12-13H2,1-2H3;1-2H3/t17-;/m1./s1. The van der Waals surface area contributed by atoms with Crippen LogP contribution in [0.5, 0.6) is 0 Å². The van der Waals surface area contributed by atoms with Crippen LogP contribution in [0.2, 0.25) is 0 Å². The Morgan fingerprint density at radius 2 is 1.81 bits per heavy atom. The van der Waals surface area contributed by atoms with Crippen molar-refractivity contribution in [3.63, 3.8) is 0 Å². The quantitative estimate of drug-likeness (QED) is 0.389. The summed E-state index contributed by atoms with van der Waals surface area (Å²) in [5, 5.41) is 5.14. The van der Waals surface area contributed by atoms with Crippen LogP contribution in [0, 0.1) is 0 Å². The summed E-state index contributed by atoms with van der Waals surface area (Å²) >= 11 is 1.62. The van der Waals surface area contributed by atoms with E-state index in [1.165, 1.54) is 6.33 Å². The minimum absolute atomic E-state index is 0.0159. The second kappa shape index (κ2) is 10.0. The monoisotopic (exact) mass is 499 g/mol. The Morgan fingerprint density at radius 1 is 1.06 bits per heavy atom. The summed E-state index contributed by atoms with van der Waals surface area (Å²) in [6.45, 7) is 7.50. The molecule has 2 aliphatic heterocycles. The van der Waals surface area contributed by atoms with Crippen molar-refractivity contribution < 1.29 is 4.79 Å². The fourth-order valence-electron chi connectivity index (χ4n) is 4.44. The van der Waals surface area contributed by atoms with Gasteiger partial charge in [0.2, 0.25) is 5.96 Å². The molecule has 2 aromatic heterocycles. The zero-order chi connectivity index (χ0) is 25.2. The van der Waals surface area contributed by atoms with Gasteiger partial charge in [-0.3, -0.25) is 9.69 Å². The maximum absolute atomic E-state index is 13.5. The Morgan fingerprint density at radius 3 is 2.50 bits per heavy atom. The molecule has 36 heavy (non-hydrogen) atoms. The highest BCUT2D eigenvalue weighted by Crippen LogP contribution is 2.42. The molecule has 9 heteroatoms.